The number of benzene rings is 1. The van der Waals surface area contributed by atoms with Gasteiger partial charge in [0.25, 0.3) is 5.56 Å². The number of nitrogens with one attached hydrogen (secondary N) is 2. The lowest BCUT2D eigenvalue weighted by Crippen LogP contribution is -2.22. The number of hydrogen-bond donors (Lipinski definition) is 2. The van der Waals surface area contributed by atoms with Crippen LogP contribution in [0.25, 0.3) is 28.1 Å². The largest absolute Gasteiger partial charge is 0.496 e. The van der Waals surface area contributed by atoms with E-state index in [1.165, 1.54) is 0 Å². The Morgan fingerprint density at radius 1 is 1.18 bits per heavy atom. The topological polar surface area (TPSA) is 101 Å². The van der Waals surface area contributed by atoms with Crippen molar-refractivity contribution in [3.05, 3.63) is 63.7 Å². The average Bonchev–Trinajstić information content (AvgIpc) is 2.71. The number of aryl methyl sites for hydroxylation is 1. The van der Waals surface area contributed by atoms with E-state index in [0.717, 1.165) is 39.8 Å². The predicted octanol–water partition coefficient (Wildman–Crippen LogP) is 4.16. The van der Waals surface area contributed by atoms with Crippen LogP contribution in [0.5, 0.6) is 5.75 Å². The molecule has 0 unspecified atom stereocenters. The van der Waals surface area contributed by atoms with Gasteiger partial charge >= 0.3 is 0 Å². The molecule has 33 heavy (non-hydrogen) atoms. The van der Waals surface area contributed by atoms with E-state index in [2.05, 4.69) is 30.5 Å². The molecule has 0 amide bonds. The van der Waals surface area contributed by atoms with Gasteiger partial charge in [-0.3, -0.25) is 9.78 Å². The van der Waals surface area contributed by atoms with Gasteiger partial charge in [-0.2, -0.15) is 0 Å². The van der Waals surface area contributed by atoms with E-state index in [1.54, 1.807) is 13.3 Å². The highest BCUT2D eigenvalue weighted by Gasteiger charge is 2.24. The number of hydrogen-bond acceptors (Lipinski definition) is 5. The van der Waals surface area contributed by atoms with E-state index in [0.29, 0.717) is 24.0 Å². The maximum absolute atomic E-state index is 12.8. The quantitative estimate of drug-likeness (QED) is 0.506. The summed E-state index contributed by atoms with van der Waals surface area (Å²) in [5.74, 6) is 0.728. The van der Waals surface area contributed by atoms with Gasteiger partial charge in [0.1, 0.15) is 5.75 Å². The molecular weight excluding hydrogens is 438 g/mol. The Bertz CT molecular complexity index is 1370. The molecule has 0 aliphatic rings. The molecule has 2 heterocycles. The Kier molecular flexibility index (Phi) is 7.09. The molecule has 0 spiro atoms. The summed E-state index contributed by atoms with van der Waals surface area (Å²) >= 11 is 0. The fourth-order valence-electron chi connectivity index (χ4n) is 3.70. The molecule has 8 heteroatoms. The molecular formula is C25H31N3O4S. The van der Waals surface area contributed by atoms with Gasteiger partial charge in [-0.1, -0.05) is 32.9 Å². The van der Waals surface area contributed by atoms with Gasteiger partial charge < -0.3 is 9.72 Å². The van der Waals surface area contributed by atoms with Crippen LogP contribution < -0.4 is 15.0 Å². The first-order chi connectivity index (χ1) is 15.4. The van der Waals surface area contributed by atoms with Gasteiger partial charge in [0.15, 0.2) is 0 Å². The molecule has 0 fully saturated rings. The number of rotatable bonds is 7. The lowest BCUT2D eigenvalue weighted by molar-refractivity contribution is 0.402. The zero-order chi connectivity index (χ0) is 24.4. The van der Waals surface area contributed by atoms with Crippen LogP contribution in [-0.4, -0.2) is 38.3 Å². The van der Waals surface area contributed by atoms with Crippen LogP contribution in [0.3, 0.4) is 0 Å². The molecule has 176 valence electrons. The van der Waals surface area contributed by atoms with E-state index >= 15 is 0 Å². The van der Waals surface area contributed by atoms with Crippen LogP contribution in [0.4, 0.5) is 0 Å². The molecule has 0 saturated heterocycles. The van der Waals surface area contributed by atoms with Gasteiger partial charge in [0.2, 0.25) is 10.0 Å². The van der Waals surface area contributed by atoms with Gasteiger partial charge in [0, 0.05) is 40.5 Å². The highest BCUT2D eigenvalue weighted by Crippen LogP contribution is 2.41. The SMILES string of the molecule is COc1c(C(C)(C)C)cc(-c2ccc(C)[nH]c2=O)c2ncc(/C=C/CCNS(C)(=O)=O)cc12. The standard InChI is InChI=1S/C25H31N3O4S/c1-16-10-11-18(24(29)28-16)19-14-21(25(2,3)4)23(32-5)20-13-17(15-26-22(19)20)9-7-8-12-27-33(6,30)31/h7,9-11,13-15,27H,8,12H2,1-6H3,(H,28,29)/b9-7+. The number of H-pyrrole nitrogens is 1. The summed E-state index contributed by atoms with van der Waals surface area (Å²) < 4.78 is 30.7. The van der Waals surface area contributed by atoms with E-state index in [4.69, 9.17) is 9.72 Å². The zero-order valence-electron chi connectivity index (χ0n) is 19.9. The van der Waals surface area contributed by atoms with E-state index in [1.807, 2.05) is 43.3 Å². The second-order valence-corrected chi connectivity index (χ2v) is 11.0. The molecule has 1 aromatic carbocycles. The van der Waals surface area contributed by atoms with Crippen molar-refractivity contribution in [1.29, 1.82) is 0 Å². The van der Waals surface area contributed by atoms with Crippen LogP contribution in [-0.2, 0) is 15.4 Å². The van der Waals surface area contributed by atoms with Crippen LogP contribution in [0, 0.1) is 6.92 Å². The maximum atomic E-state index is 12.8. The number of pyridine rings is 2. The number of fused-ring (bicyclic) bond motifs is 1. The summed E-state index contributed by atoms with van der Waals surface area (Å²) in [6.07, 6.45) is 7.23. The molecule has 3 rings (SSSR count). The number of sulfonamides is 1. The van der Waals surface area contributed by atoms with Gasteiger partial charge in [-0.15, -0.1) is 0 Å². The minimum Gasteiger partial charge on any atom is -0.496 e. The Labute approximate surface area is 195 Å². The van der Waals surface area contributed by atoms with Crippen molar-refractivity contribution in [3.8, 4) is 16.9 Å². The third-order valence-electron chi connectivity index (χ3n) is 5.29. The van der Waals surface area contributed by atoms with E-state index < -0.39 is 10.0 Å². The summed E-state index contributed by atoms with van der Waals surface area (Å²) in [7, 11) is -1.56. The van der Waals surface area contributed by atoms with Crippen molar-refractivity contribution in [2.45, 2.75) is 39.5 Å². The molecule has 2 N–H and O–H groups in total. The molecule has 0 aliphatic heterocycles. The number of aromatic nitrogens is 2. The second-order valence-electron chi connectivity index (χ2n) is 9.16. The van der Waals surface area contributed by atoms with E-state index in [-0.39, 0.29) is 11.0 Å². The molecule has 0 bridgehead atoms. The first-order valence-corrected chi connectivity index (χ1v) is 12.6. The number of ether oxygens (including phenoxy) is 1. The first-order valence-electron chi connectivity index (χ1n) is 10.7. The van der Waals surface area contributed by atoms with Gasteiger partial charge in [0.05, 0.1) is 18.9 Å². The third-order valence-corrected chi connectivity index (χ3v) is 6.01. The Morgan fingerprint density at radius 3 is 2.52 bits per heavy atom. The lowest BCUT2D eigenvalue weighted by Gasteiger charge is -2.25. The van der Waals surface area contributed by atoms with Crippen molar-refractivity contribution in [2.75, 3.05) is 19.9 Å². The Balaban J connectivity index is 2.16. The van der Waals surface area contributed by atoms with Crippen LogP contribution in [0.2, 0.25) is 0 Å². The van der Waals surface area contributed by atoms with Crippen molar-refractivity contribution in [2.24, 2.45) is 0 Å². The predicted molar refractivity (Wildman–Crippen MR) is 134 cm³/mol. The fraction of sp³-hybridized carbons (Fsp3) is 0.360. The normalized spacial score (nSPS) is 12.5. The van der Waals surface area contributed by atoms with Crippen molar-refractivity contribution >= 4 is 27.0 Å². The summed E-state index contributed by atoms with van der Waals surface area (Å²) in [5.41, 5.74) is 4.24. The number of methoxy groups -OCH3 is 1. The number of nitrogens with zero attached hydrogens (tertiary/aromatic N) is 1. The fourth-order valence-corrected chi connectivity index (χ4v) is 4.19. The van der Waals surface area contributed by atoms with E-state index in [9.17, 15) is 13.2 Å². The van der Waals surface area contributed by atoms with Crippen LogP contribution in [0.15, 0.2) is 41.3 Å². The molecule has 0 aliphatic carbocycles. The van der Waals surface area contributed by atoms with Crippen LogP contribution in [0.1, 0.15) is 44.0 Å². The summed E-state index contributed by atoms with van der Waals surface area (Å²) in [6.45, 7) is 8.48. The summed E-state index contributed by atoms with van der Waals surface area (Å²) in [4.78, 5) is 20.3. The molecule has 3 aromatic rings. The van der Waals surface area contributed by atoms with Crippen molar-refractivity contribution in [3.63, 3.8) is 0 Å². The molecule has 0 atom stereocenters. The first kappa shape index (κ1) is 24.7. The second kappa shape index (κ2) is 9.49. The summed E-state index contributed by atoms with van der Waals surface area (Å²) in [6, 6.07) is 7.69. The van der Waals surface area contributed by atoms with Gasteiger partial charge in [-0.25, -0.2) is 13.1 Å². The minimum absolute atomic E-state index is 0.162. The smallest absolute Gasteiger partial charge is 0.256 e. The Hall–Kier alpha value is -2.97. The van der Waals surface area contributed by atoms with Gasteiger partial charge in [-0.05, 0) is 48.6 Å². The van der Waals surface area contributed by atoms with Crippen LogP contribution >= 0.6 is 0 Å². The van der Waals surface area contributed by atoms with Crippen molar-refractivity contribution in [1.82, 2.24) is 14.7 Å². The number of aromatic amines is 1. The third kappa shape index (κ3) is 5.89. The highest BCUT2D eigenvalue weighted by atomic mass is 32.2. The monoisotopic (exact) mass is 469 g/mol. The lowest BCUT2D eigenvalue weighted by atomic mass is 9.83. The zero-order valence-corrected chi connectivity index (χ0v) is 20.8. The minimum atomic E-state index is -3.20. The average molecular weight is 470 g/mol. The van der Waals surface area contributed by atoms with Crippen molar-refractivity contribution < 1.29 is 13.2 Å². The molecule has 0 saturated carbocycles. The highest BCUT2D eigenvalue weighted by molar-refractivity contribution is 7.88. The maximum Gasteiger partial charge on any atom is 0.256 e. The molecule has 2 aromatic heterocycles. The Morgan fingerprint density at radius 2 is 1.91 bits per heavy atom. The molecule has 7 nitrogen and oxygen atoms in total. The summed E-state index contributed by atoms with van der Waals surface area (Å²) in [5, 5.41) is 0.816. The molecule has 0 radical (unpaired) electrons.